The van der Waals surface area contributed by atoms with Gasteiger partial charge in [0.25, 0.3) is 0 Å². The van der Waals surface area contributed by atoms with E-state index in [2.05, 4.69) is 4.98 Å². The van der Waals surface area contributed by atoms with Crippen molar-refractivity contribution in [2.24, 2.45) is 0 Å². The Balaban J connectivity index is 2.00. The van der Waals surface area contributed by atoms with E-state index in [9.17, 15) is 9.18 Å². The van der Waals surface area contributed by atoms with E-state index in [4.69, 9.17) is 5.11 Å². The molecule has 0 amide bonds. The fourth-order valence-corrected chi connectivity index (χ4v) is 1.92. The first-order chi connectivity index (χ1) is 9.54. The van der Waals surface area contributed by atoms with Gasteiger partial charge < -0.3 is 5.11 Å². The van der Waals surface area contributed by atoms with Crippen LogP contribution in [0.15, 0.2) is 42.5 Å². The number of halogens is 1. The fraction of sp³-hybridized carbons (Fsp3) is 0.200. The topological polar surface area (TPSA) is 53.4 Å². The molecule has 2 rings (SSSR count). The second-order valence-electron chi connectivity index (χ2n) is 4.62. The molecule has 0 saturated heterocycles. The Morgan fingerprint density at radius 1 is 1.20 bits per heavy atom. The number of rotatable bonds is 5. The molecule has 1 heterocycles. The normalized spacial score (nSPS) is 10.8. The van der Waals surface area contributed by atoms with E-state index in [1.165, 1.54) is 18.2 Å². The summed E-state index contributed by atoms with van der Waals surface area (Å²) < 4.78 is 12.8. The van der Waals surface area contributed by atoms with Crippen LogP contribution >= 0.6 is 0 Å². The van der Waals surface area contributed by atoms with Gasteiger partial charge in [-0.1, -0.05) is 18.2 Å². The van der Waals surface area contributed by atoms with Gasteiger partial charge in [-0.3, -0.25) is 4.90 Å². The second-order valence-corrected chi connectivity index (χ2v) is 4.62. The average molecular weight is 274 g/mol. The smallest absolute Gasteiger partial charge is 0.354 e. The third kappa shape index (κ3) is 3.86. The van der Waals surface area contributed by atoms with Gasteiger partial charge in [-0.25, -0.2) is 14.2 Å². The van der Waals surface area contributed by atoms with Crippen molar-refractivity contribution < 1.29 is 14.3 Å². The third-order valence-electron chi connectivity index (χ3n) is 2.82. The number of aromatic carboxylic acids is 1. The summed E-state index contributed by atoms with van der Waals surface area (Å²) in [6.45, 7) is 1.16. The van der Waals surface area contributed by atoms with E-state index in [-0.39, 0.29) is 11.5 Å². The van der Waals surface area contributed by atoms with Gasteiger partial charge >= 0.3 is 5.97 Å². The molecule has 0 radical (unpaired) electrons. The minimum absolute atomic E-state index is 0.0395. The highest BCUT2D eigenvalue weighted by atomic mass is 19.1. The molecule has 0 fully saturated rings. The molecule has 2 aromatic rings. The molecule has 5 heteroatoms. The maximum absolute atomic E-state index is 12.8. The third-order valence-corrected chi connectivity index (χ3v) is 2.82. The molecule has 1 aromatic carbocycles. The molecule has 0 atom stereocenters. The van der Waals surface area contributed by atoms with Crippen LogP contribution in [0.25, 0.3) is 0 Å². The highest BCUT2D eigenvalue weighted by Gasteiger charge is 2.07. The first kappa shape index (κ1) is 14.1. The SMILES string of the molecule is CN(Cc1ccc(F)cc1)Cc1cccc(C(=O)O)n1. The maximum atomic E-state index is 12.8. The lowest BCUT2D eigenvalue weighted by Crippen LogP contribution is -2.18. The Morgan fingerprint density at radius 3 is 2.55 bits per heavy atom. The summed E-state index contributed by atoms with van der Waals surface area (Å²) in [5.41, 5.74) is 1.72. The van der Waals surface area contributed by atoms with Gasteiger partial charge in [0.1, 0.15) is 11.5 Å². The van der Waals surface area contributed by atoms with E-state index >= 15 is 0 Å². The Morgan fingerprint density at radius 2 is 1.90 bits per heavy atom. The molecular weight excluding hydrogens is 259 g/mol. The van der Waals surface area contributed by atoms with Crippen LogP contribution in [0.3, 0.4) is 0 Å². The first-order valence-electron chi connectivity index (χ1n) is 6.17. The van der Waals surface area contributed by atoms with Crippen molar-refractivity contribution in [3.63, 3.8) is 0 Å². The molecule has 1 aromatic heterocycles. The number of carboxylic acids is 1. The highest BCUT2D eigenvalue weighted by molar-refractivity contribution is 5.85. The van der Waals surface area contributed by atoms with Crippen LogP contribution in [0.1, 0.15) is 21.7 Å². The number of pyridine rings is 1. The molecule has 0 bridgehead atoms. The molecule has 0 aliphatic carbocycles. The maximum Gasteiger partial charge on any atom is 0.354 e. The zero-order chi connectivity index (χ0) is 14.5. The van der Waals surface area contributed by atoms with Crippen LogP contribution in [0.4, 0.5) is 4.39 Å². The Labute approximate surface area is 116 Å². The van der Waals surface area contributed by atoms with Crippen LogP contribution in [0, 0.1) is 5.82 Å². The minimum atomic E-state index is -1.03. The van der Waals surface area contributed by atoms with Crippen molar-refractivity contribution in [2.75, 3.05) is 7.05 Å². The zero-order valence-corrected chi connectivity index (χ0v) is 11.1. The van der Waals surface area contributed by atoms with Gasteiger partial charge in [0, 0.05) is 13.1 Å². The van der Waals surface area contributed by atoms with Gasteiger partial charge in [-0.15, -0.1) is 0 Å². The summed E-state index contributed by atoms with van der Waals surface area (Å²) in [6.07, 6.45) is 0. The second kappa shape index (κ2) is 6.25. The van der Waals surface area contributed by atoms with Gasteiger partial charge in [-0.05, 0) is 36.9 Å². The number of carbonyl (C=O) groups is 1. The fourth-order valence-electron chi connectivity index (χ4n) is 1.92. The molecular formula is C15H15FN2O2. The standard InChI is InChI=1S/C15H15FN2O2/c1-18(9-11-5-7-12(16)8-6-11)10-13-3-2-4-14(17-13)15(19)20/h2-8H,9-10H2,1H3,(H,19,20). The number of hydrogen-bond acceptors (Lipinski definition) is 3. The number of nitrogens with zero attached hydrogens (tertiary/aromatic N) is 2. The predicted octanol–water partition coefficient (Wildman–Crippen LogP) is 2.55. The minimum Gasteiger partial charge on any atom is -0.477 e. The summed E-state index contributed by atoms with van der Waals surface area (Å²) in [5, 5.41) is 8.89. The van der Waals surface area contributed by atoms with Crippen LogP contribution in [-0.2, 0) is 13.1 Å². The Kier molecular flexibility index (Phi) is 4.42. The van der Waals surface area contributed by atoms with Crippen LogP contribution in [0.2, 0.25) is 0 Å². The Hall–Kier alpha value is -2.27. The van der Waals surface area contributed by atoms with E-state index in [1.807, 2.05) is 11.9 Å². The van der Waals surface area contributed by atoms with Gasteiger partial charge in [0.2, 0.25) is 0 Å². The van der Waals surface area contributed by atoms with Crippen molar-refractivity contribution in [3.05, 3.63) is 65.2 Å². The average Bonchev–Trinajstić information content (AvgIpc) is 2.41. The van der Waals surface area contributed by atoms with Gasteiger partial charge in [-0.2, -0.15) is 0 Å². The molecule has 0 aliphatic heterocycles. The molecule has 20 heavy (non-hydrogen) atoms. The summed E-state index contributed by atoms with van der Waals surface area (Å²) >= 11 is 0. The number of benzene rings is 1. The largest absolute Gasteiger partial charge is 0.477 e. The van der Waals surface area contributed by atoms with Gasteiger partial charge in [0.15, 0.2) is 0 Å². The van der Waals surface area contributed by atoms with Crippen molar-refractivity contribution in [3.8, 4) is 0 Å². The summed E-state index contributed by atoms with van der Waals surface area (Å²) in [6, 6.07) is 11.2. The lowest BCUT2D eigenvalue weighted by atomic mass is 10.2. The van der Waals surface area contributed by atoms with E-state index in [0.717, 1.165) is 5.56 Å². The number of aromatic nitrogens is 1. The monoisotopic (exact) mass is 274 g/mol. The van der Waals surface area contributed by atoms with Crippen LogP contribution < -0.4 is 0 Å². The summed E-state index contributed by atoms with van der Waals surface area (Å²) in [5.74, 6) is -1.29. The van der Waals surface area contributed by atoms with Crippen molar-refractivity contribution in [1.82, 2.24) is 9.88 Å². The first-order valence-corrected chi connectivity index (χ1v) is 6.17. The van der Waals surface area contributed by atoms with Crippen molar-refractivity contribution in [1.29, 1.82) is 0 Å². The molecule has 0 spiro atoms. The summed E-state index contributed by atoms with van der Waals surface area (Å²) in [7, 11) is 1.90. The highest BCUT2D eigenvalue weighted by Crippen LogP contribution is 2.08. The molecule has 104 valence electrons. The van der Waals surface area contributed by atoms with Crippen molar-refractivity contribution >= 4 is 5.97 Å². The Bertz CT molecular complexity index is 599. The van der Waals surface area contributed by atoms with Crippen LogP contribution in [-0.4, -0.2) is 28.0 Å². The van der Waals surface area contributed by atoms with Crippen LogP contribution in [0.5, 0.6) is 0 Å². The quantitative estimate of drug-likeness (QED) is 0.910. The van der Waals surface area contributed by atoms with E-state index in [1.54, 1.807) is 24.3 Å². The lowest BCUT2D eigenvalue weighted by molar-refractivity contribution is 0.0690. The molecule has 0 aliphatic rings. The lowest BCUT2D eigenvalue weighted by Gasteiger charge is -2.16. The van der Waals surface area contributed by atoms with E-state index < -0.39 is 5.97 Å². The summed E-state index contributed by atoms with van der Waals surface area (Å²) in [4.78, 5) is 16.9. The van der Waals surface area contributed by atoms with Gasteiger partial charge in [0.05, 0.1) is 5.69 Å². The van der Waals surface area contributed by atoms with Crippen molar-refractivity contribution in [2.45, 2.75) is 13.1 Å². The zero-order valence-electron chi connectivity index (χ0n) is 11.1. The molecule has 1 N–H and O–H groups in total. The predicted molar refractivity (Wildman–Crippen MR) is 72.8 cm³/mol. The number of hydrogen-bond donors (Lipinski definition) is 1. The number of carboxylic acid groups (broad SMARTS) is 1. The molecule has 0 saturated carbocycles. The molecule has 0 unspecified atom stereocenters. The molecule has 4 nitrogen and oxygen atoms in total. The van der Waals surface area contributed by atoms with E-state index in [0.29, 0.717) is 18.8 Å².